The van der Waals surface area contributed by atoms with Crippen molar-refractivity contribution in [1.29, 1.82) is 0 Å². The Labute approximate surface area is 239 Å². The Balaban J connectivity index is 1.51. The van der Waals surface area contributed by atoms with Crippen molar-refractivity contribution in [3.8, 4) is 16.9 Å². The van der Waals surface area contributed by atoms with Crippen molar-refractivity contribution in [3.05, 3.63) is 69.4 Å². The van der Waals surface area contributed by atoms with Gasteiger partial charge in [0, 0.05) is 43.1 Å². The molecular formula is C29H27ClFN7O3. The highest BCUT2D eigenvalue weighted by Gasteiger charge is 2.37. The molecule has 10 nitrogen and oxygen atoms in total. The molecule has 0 spiro atoms. The van der Waals surface area contributed by atoms with Gasteiger partial charge in [-0.25, -0.2) is 33.5 Å². The highest BCUT2D eigenvalue weighted by Crippen LogP contribution is 2.47. The Morgan fingerprint density at radius 3 is 2.34 bits per heavy atom. The summed E-state index contributed by atoms with van der Waals surface area (Å²) >= 11 is 6.77. The highest BCUT2D eigenvalue weighted by molar-refractivity contribution is 6.33. The molecule has 0 radical (unpaired) electrons. The van der Waals surface area contributed by atoms with Crippen LogP contribution in [0.2, 0.25) is 5.02 Å². The maximum Gasteiger partial charge on any atom is 0.407 e. The van der Waals surface area contributed by atoms with Crippen LogP contribution in [0.3, 0.4) is 0 Å². The zero-order valence-electron chi connectivity index (χ0n) is 22.3. The van der Waals surface area contributed by atoms with E-state index in [-0.39, 0.29) is 52.9 Å². The van der Waals surface area contributed by atoms with E-state index in [1.807, 2.05) is 11.8 Å². The average Bonchev–Trinajstić information content (AvgIpc) is 3.87. The van der Waals surface area contributed by atoms with E-state index in [2.05, 4.69) is 15.0 Å². The minimum absolute atomic E-state index is 0.210. The number of halogens is 2. The van der Waals surface area contributed by atoms with Crippen molar-refractivity contribution in [3.63, 3.8) is 0 Å². The van der Waals surface area contributed by atoms with Gasteiger partial charge in [-0.2, -0.15) is 4.98 Å². The summed E-state index contributed by atoms with van der Waals surface area (Å²) in [6.45, 7) is 2.73. The molecule has 1 aromatic carbocycles. The standard InChI is InChI=1S/C29H27ClFN7O3/c1-15-13-36(29(40)41)10-11-37(15)26-19-12-20(30)24(18-4-2-3-5-21(18)31)34-27(19)38(28(39)35-26)25-22(16-6-7-16)32-14-33-23(25)17-8-9-17/h2-5,12,14-17H,6-11,13H2,1H3,(H,40,41). The molecule has 3 aromatic heterocycles. The maximum absolute atomic E-state index is 15.0. The van der Waals surface area contributed by atoms with Gasteiger partial charge in [-0.15, -0.1) is 0 Å². The molecule has 2 aliphatic carbocycles. The first-order valence-corrected chi connectivity index (χ1v) is 14.2. The number of piperazine rings is 1. The van der Waals surface area contributed by atoms with Crippen molar-refractivity contribution in [1.82, 2.24) is 29.4 Å². The molecule has 7 rings (SSSR count). The van der Waals surface area contributed by atoms with E-state index in [4.69, 9.17) is 16.6 Å². The first-order valence-electron chi connectivity index (χ1n) is 13.8. The fourth-order valence-electron chi connectivity index (χ4n) is 5.76. The Morgan fingerprint density at radius 1 is 1.05 bits per heavy atom. The van der Waals surface area contributed by atoms with Gasteiger partial charge in [-0.3, -0.25) is 0 Å². The molecule has 2 saturated carbocycles. The minimum atomic E-state index is -0.992. The van der Waals surface area contributed by atoms with Gasteiger partial charge in [-0.05, 0) is 50.8 Å². The molecule has 4 heterocycles. The molecule has 1 amide bonds. The number of rotatable bonds is 5. The number of anilines is 1. The van der Waals surface area contributed by atoms with Crippen LogP contribution in [-0.2, 0) is 0 Å². The van der Waals surface area contributed by atoms with Crippen molar-refractivity contribution in [2.75, 3.05) is 24.5 Å². The molecule has 1 saturated heterocycles. The summed E-state index contributed by atoms with van der Waals surface area (Å²) in [6.07, 6.45) is 4.45. The van der Waals surface area contributed by atoms with Crippen LogP contribution in [0.25, 0.3) is 28.0 Å². The van der Waals surface area contributed by atoms with Gasteiger partial charge in [0.15, 0.2) is 5.65 Å². The van der Waals surface area contributed by atoms with E-state index in [9.17, 15) is 19.1 Å². The highest BCUT2D eigenvalue weighted by atomic mass is 35.5. The van der Waals surface area contributed by atoms with Crippen LogP contribution < -0.4 is 10.6 Å². The summed E-state index contributed by atoms with van der Waals surface area (Å²) < 4.78 is 16.5. The fourth-order valence-corrected chi connectivity index (χ4v) is 6.01. The van der Waals surface area contributed by atoms with Gasteiger partial charge in [-0.1, -0.05) is 23.7 Å². The number of hydrogen-bond donors (Lipinski definition) is 1. The first kappa shape index (κ1) is 25.8. The molecule has 41 heavy (non-hydrogen) atoms. The third-order valence-corrected chi connectivity index (χ3v) is 8.42. The van der Waals surface area contributed by atoms with Crippen LogP contribution in [0.1, 0.15) is 55.8 Å². The molecule has 12 heteroatoms. The van der Waals surface area contributed by atoms with Crippen LogP contribution in [0, 0.1) is 5.82 Å². The number of carbonyl (C=O) groups is 1. The van der Waals surface area contributed by atoms with E-state index >= 15 is 0 Å². The summed E-state index contributed by atoms with van der Waals surface area (Å²) in [4.78, 5) is 47.6. The van der Waals surface area contributed by atoms with E-state index in [1.165, 1.54) is 15.5 Å². The number of fused-ring (bicyclic) bond motifs is 1. The smallest absolute Gasteiger partial charge is 0.407 e. The van der Waals surface area contributed by atoms with Crippen LogP contribution >= 0.6 is 11.6 Å². The molecule has 1 atom stereocenters. The van der Waals surface area contributed by atoms with Crippen molar-refractivity contribution >= 4 is 34.5 Å². The Bertz CT molecular complexity index is 1740. The van der Waals surface area contributed by atoms with Gasteiger partial charge >= 0.3 is 11.8 Å². The predicted octanol–water partition coefficient (Wildman–Crippen LogP) is 4.97. The topological polar surface area (TPSA) is 117 Å². The molecule has 1 N–H and O–H groups in total. The quantitative estimate of drug-likeness (QED) is 0.354. The van der Waals surface area contributed by atoms with E-state index < -0.39 is 17.6 Å². The van der Waals surface area contributed by atoms with Crippen molar-refractivity contribution in [2.24, 2.45) is 0 Å². The average molecular weight is 576 g/mol. The number of carboxylic acid groups (broad SMARTS) is 1. The van der Waals surface area contributed by atoms with Gasteiger partial charge < -0.3 is 14.9 Å². The number of pyridine rings is 1. The molecule has 0 bridgehead atoms. The van der Waals surface area contributed by atoms with E-state index in [0.29, 0.717) is 23.4 Å². The van der Waals surface area contributed by atoms with E-state index in [1.54, 1.807) is 30.6 Å². The number of aromatic nitrogens is 5. The van der Waals surface area contributed by atoms with Crippen LogP contribution in [0.4, 0.5) is 15.0 Å². The normalized spacial score (nSPS) is 19.1. The second-order valence-corrected chi connectivity index (χ2v) is 11.4. The van der Waals surface area contributed by atoms with Crippen LogP contribution in [-0.4, -0.2) is 66.3 Å². The lowest BCUT2D eigenvalue weighted by Crippen LogP contribution is -2.54. The second-order valence-electron chi connectivity index (χ2n) is 11.0. The number of benzene rings is 1. The Kier molecular flexibility index (Phi) is 6.15. The molecule has 1 unspecified atom stereocenters. The predicted molar refractivity (Wildman–Crippen MR) is 151 cm³/mol. The second kappa shape index (κ2) is 9.76. The number of hydrogen-bond acceptors (Lipinski definition) is 7. The summed E-state index contributed by atoms with van der Waals surface area (Å²) in [5.41, 5.74) is 2.38. The Morgan fingerprint density at radius 2 is 1.73 bits per heavy atom. The summed E-state index contributed by atoms with van der Waals surface area (Å²) in [7, 11) is 0. The zero-order valence-corrected chi connectivity index (χ0v) is 23.1. The molecule has 3 aliphatic rings. The molecule has 4 aromatic rings. The SMILES string of the molecule is CC1CN(C(=O)O)CCN1c1nc(=O)n(-c2c(C3CC3)ncnc2C2CC2)c2nc(-c3ccccc3F)c(Cl)cc12. The molecule has 210 valence electrons. The monoisotopic (exact) mass is 575 g/mol. The first-order chi connectivity index (χ1) is 19.8. The summed E-state index contributed by atoms with van der Waals surface area (Å²) in [6, 6.07) is 7.65. The molecule has 1 aliphatic heterocycles. The fraction of sp³-hybridized carbons (Fsp3) is 0.379. The van der Waals surface area contributed by atoms with Crippen molar-refractivity contribution in [2.45, 2.75) is 50.5 Å². The van der Waals surface area contributed by atoms with Crippen molar-refractivity contribution < 1.29 is 14.3 Å². The Hall–Kier alpha value is -4.12. The van der Waals surface area contributed by atoms with Gasteiger partial charge in [0.2, 0.25) is 0 Å². The number of amides is 1. The lowest BCUT2D eigenvalue weighted by molar-refractivity contribution is 0.136. The molecular weight excluding hydrogens is 549 g/mol. The summed E-state index contributed by atoms with van der Waals surface area (Å²) in [5, 5.41) is 10.2. The lowest BCUT2D eigenvalue weighted by atomic mass is 10.1. The van der Waals surface area contributed by atoms with Gasteiger partial charge in [0.1, 0.15) is 18.0 Å². The largest absolute Gasteiger partial charge is 0.465 e. The third kappa shape index (κ3) is 4.48. The number of nitrogens with zero attached hydrogens (tertiary/aromatic N) is 7. The van der Waals surface area contributed by atoms with Crippen LogP contribution in [0.15, 0.2) is 41.5 Å². The zero-order chi connectivity index (χ0) is 28.4. The molecule has 3 fully saturated rings. The third-order valence-electron chi connectivity index (χ3n) is 8.13. The summed E-state index contributed by atoms with van der Waals surface area (Å²) in [5.74, 6) is 0.318. The van der Waals surface area contributed by atoms with Crippen LogP contribution in [0.5, 0.6) is 0 Å². The van der Waals surface area contributed by atoms with E-state index in [0.717, 1.165) is 37.1 Å². The van der Waals surface area contributed by atoms with Gasteiger partial charge in [0.25, 0.3) is 0 Å². The maximum atomic E-state index is 15.0. The lowest BCUT2D eigenvalue weighted by Gasteiger charge is -2.39. The minimum Gasteiger partial charge on any atom is -0.465 e. The van der Waals surface area contributed by atoms with Gasteiger partial charge in [0.05, 0.1) is 33.2 Å².